The van der Waals surface area contributed by atoms with Gasteiger partial charge in [0.05, 0.1) is 18.7 Å². The molecule has 1 N–H and O–H groups in total. The molecule has 0 aromatic carbocycles. The van der Waals surface area contributed by atoms with Crippen LogP contribution in [0.5, 0.6) is 0 Å². The molecular weight excluding hydrogens is 170 g/mol. The normalized spacial score (nSPS) is 31.1. The minimum atomic E-state index is -0.276. The van der Waals surface area contributed by atoms with Crippen LogP contribution in [0.25, 0.3) is 0 Å². The molecule has 4 nitrogen and oxygen atoms in total. The first-order valence-electron chi connectivity index (χ1n) is 4.31. The van der Waals surface area contributed by atoms with Gasteiger partial charge in [-0.15, -0.1) is 6.58 Å². The zero-order chi connectivity index (χ0) is 9.84. The molecule has 0 aliphatic carbocycles. The Hall–Kier alpha value is -0.870. The summed E-state index contributed by atoms with van der Waals surface area (Å²) in [5.74, 6) is -0.276. The van der Waals surface area contributed by atoms with Crippen LogP contribution in [0.3, 0.4) is 0 Å². The van der Waals surface area contributed by atoms with Crippen LogP contribution in [0.15, 0.2) is 12.7 Å². The van der Waals surface area contributed by atoms with Gasteiger partial charge in [0.1, 0.15) is 6.61 Å². The summed E-state index contributed by atoms with van der Waals surface area (Å²) in [6.07, 6.45) is 1.77. The standard InChI is InChI=1S/C9H15NO3/c1-3-4-10-8(5-11)9(10)6-13-7(2)12/h3,8-9,11H,1,4-6H2,2H3/t8-,9+,10?/m1/s1. The van der Waals surface area contributed by atoms with Gasteiger partial charge in [0.2, 0.25) is 0 Å². The van der Waals surface area contributed by atoms with Gasteiger partial charge in [-0.05, 0) is 0 Å². The van der Waals surface area contributed by atoms with Gasteiger partial charge in [0.15, 0.2) is 0 Å². The van der Waals surface area contributed by atoms with Crippen LogP contribution in [0.4, 0.5) is 0 Å². The number of hydrogen-bond acceptors (Lipinski definition) is 4. The number of ether oxygens (including phenoxy) is 1. The smallest absolute Gasteiger partial charge is 0.302 e. The zero-order valence-electron chi connectivity index (χ0n) is 7.77. The van der Waals surface area contributed by atoms with E-state index in [0.717, 1.165) is 6.54 Å². The SMILES string of the molecule is C=CCN1[C@H](CO)[C@@H]1COC(C)=O. The largest absolute Gasteiger partial charge is 0.464 e. The van der Waals surface area contributed by atoms with Crippen molar-refractivity contribution in [1.29, 1.82) is 0 Å². The van der Waals surface area contributed by atoms with Crippen molar-refractivity contribution in [1.82, 2.24) is 4.90 Å². The fraction of sp³-hybridized carbons (Fsp3) is 0.667. The Balaban J connectivity index is 2.27. The third-order valence-electron chi connectivity index (χ3n) is 2.19. The van der Waals surface area contributed by atoms with Crippen molar-refractivity contribution in [3.63, 3.8) is 0 Å². The summed E-state index contributed by atoms with van der Waals surface area (Å²) in [6.45, 7) is 6.20. The topological polar surface area (TPSA) is 49.5 Å². The summed E-state index contributed by atoms with van der Waals surface area (Å²) >= 11 is 0. The van der Waals surface area contributed by atoms with E-state index in [9.17, 15) is 4.79 Å². The van der Waals surface area contributed by atoms with Gasteiger partial charge in [0.25, 0.3) is 0 Å². The molecule has 1 unspecified atom stereocenters. The minimum Gasteiger partial charge on any atom is -0.464 e. The first-order valence-corrected chi connectivity index (χ1v) is 4.31. The van der Waals surface area contributed by atoms with Crippen molar-refractivity contribution in [2.75, 3.05) is 19.8 Å². The lowest BCUT2D eigenvalue weighted by molar-refractivity contribution is -0.141. The Kier molecular flexibility index (Phi) is 3.45. The third kappa shape index (κ3) is 2.54. The average molecular weight is 185 g/mol. The van der Waals surface area contributed by atoms with E-state index in [1.165, 1.54) is 6.92 Å². The van der Waals surface area contributed by atoms with Crippen molar-refractivity contribution in [2.24, 2.45) is 0 Å². The molecule has 1 heterocycles. The van der Waals surface area contributed by atoms with Gasteiger partial charge in [0, 0.05) is 13.5 Å². The van der Waals surface area contributed by atoms with E-state index < -0.39 is 0 Å². The molecule has 13 heavy (non-hydrogen) atoms. The fourth-order valence-electron chi connectivity index (χ4n) is 1.45. The quantitative estimate of drug-likeness (QED) is 0.365. The Labute approximate surface area is 77.8 Å². The molecule has 0 bridgehead atoms. The summed E-state index contributed by atoms with van der Waals surface area (Å²) in [6, 6.07) is 0.309. The van der Waals surface area contributed by atoms with Crippen molar-refractivity contribution in [3.05, 3.63) is 12.7 Å². The van der Waals surface area contributed by atoms with E-state index in [-0.39, 0.29) is 24.7 Å². The predicted octanol–water partition coefficient (Wildman–Crippen LogP) is -0.219. The molecule has 1 saturated heterocycles. The molecule has 0 spiro atoms. The van der Waals surface area contributed by atoms with Crippen LogP contribution in [-0.4, -0.2) is 47.8 Å². The fourth-order valence-corrected chi connectivity index (χ4v) is 1.45. The molecule has 0 radical (unpaired) electrons. The molecule has 0 saturated carbocycles. The highest BCUT2D eigenvalue weighted by molar-refractivity contribution is 5.65. The number of carbonyl (C=O) groups excluding carboxylic acids is 1. The molecular formula is C9H15NO3. The van der Waals surface area contributed by atoms with Crippen molar-refractivity contribution >= 4 is 5.97 Å². The Morgan fingerprint density at radius 3 is 2.85 bits per heavy atom. The van der Waals surface area contributed by atoms with E-state index >= 15 is 0 Å². The highest BCUT2D eigenvalue weighted by Crippen LogP contribution is 2.27. The molecule has 1 aliphatic rings. The second-order valence-corrected chi connectivity index (χ2v) is 3.11. The first-order chi connectivity index (χ1) is 6.20. The summed E-state index contributed by atoms with van der Waals surface area (Å²) in [7, 11) is 0. The van der Waals surface area contributed by atoms with Crippen LogP contribution in [0.1, 0.15) is 6.92 Å². The number of carbonyl (C=O) groups is 1. The Morgan fingerprint density at radius 2 is 2.38 bits per heavy atom. The van der Waals surface area contributed by atoms with Crippen molar-refractivity contribution in [3.8, 4) is 0 Å². The van der Waals surface area contributed by atoms with Gasteiger partial charge in [-0.1, -0.05) is 6.08 Å². The number of nitrogens with zero attached hydrogens (tertiary/aromatic N) is 1. The number of esters is 1. The number of rotatable bonds is 5. The van der Waals surface area contributed by atoms with Crippen molar-refractivity contribution < 1.29 is 14.6 Å². The van der Waals surface area contributed by atoms with E-state index in [4.69, 9.17) is 9.84 Å². The Morgan fingerprint density at radius 1 is 1.69 bits per heavy atom. The monoisotopic (exact) mass is 185 g/mol. The van der Waals surface area contributed by atoms with E-state index in [1.807, 2.05) is 4.90 Å². The van der Waals surface area contributed by atoms with Crippen LogP contribution in [0.2, 0.25) is 0 Å². The highest BCUT2D eigenvalue weighted by Gasteiger charge is 2.46. The number of aliphatic hydroxyl groups is 1. The van der Waals surface area contributed by atoms with Gasteiger partial charge >= 0.3 is 5.97 Å². The number of aliphatic hydroxyl groups excluding tert-OH is 1. The highest BCUT2D eigenvalue weighted by atomic mass is 16.5. The molecule has 1 fully saturated rings. The second-order valence-electron chi connectivity index (χ2n) is 3.11. The maximum Gasteiger partial charge on any atom is 0.302 e. The van der Waals surface area contributed by atoms with E-state index in [1.54, 1.807) is 6.08 Å². The summed E-state index contributed by atoms with van der Waals surface area (Å²) in [5, 5.41) is 8.92. The van der Waals surface area contributed by atoms with Crippen molar-refractivity contribution in [2.45, 2.75) is 19.0 Å². The molecule has 3 atom stereocenters. The van der Waals surface area contributed by atoms with Crippen LogP contribution in [0, 0.1) is 0 Å². The second kappa shape index (κ2) is 4.39. The van der Waals surface area contributed by atoms with E-state index in [0.29, 0.717) is 6.61 Å². The van der Waals surface area contributed by atoms with E-state index in [2.05, 4.69) is 6.58 Å². The lowest BCUT2D eigenvalue weighted by Gasteiger charge is -1.99. The third-order valence-corrected chi connectivity index (χ3v) is 2.19. The molecule has 0 aromatic heterocycles. The molecule has 0 aromatic rings. The summed E-state index contributed by atoms with van der Waals surface area (Å²) < 4.78 is 4.85. The van der Waals surface area contributed by atoms with Gasteiger partial charge in [-0.2, -0.15) is 0 Å². The zero-order valence-corrected chi connectivity index (χ0v) is 7.77. The minimum absolute atomic E-state index is 0.111. The summed E-state index contributed by atoms with van der Waals surface area (Å²) in [5.41, 5.74) is 0. The maximum absolute atomic E-state index is 10.5. The lowest BCUT2D eigenvalue weighted by Crippen LogP contribution is -2.11. The van der Waals surface area contributed by atoms with Crippen LogP contribution >= 0.6 is 0 Å². The summed E-state index contributed by atoms with van der Waals surface area (Å²) in [4.78, 5) is 12.5. The van der Waals surface area contributed by atoms with Gasteiger partial charge in [-0.3, -0.25) is 9.69 Å². The van der Waals surface area contributed by atoms with Crippen LogP contribution < -0.4 is 0 Å². The van der Waals surface area contributed by atoms with Gasteiger partial charge in [-0.25, -0.2) is 0 Å². The molecule has 1 rings (SSSR count). The number of hydrogen-bond donors (Lipinski definition) is 1. The van der Waals surface area contributed by atoms with Crippen LogP contribution in [-0.2, 0) is 9.53 Å². The maximum atomic E-state index is 10.5. The average Bonchev–Trinajstić information content (AvgIpc) is 2.75. The molecule has 1 aliphatic heterocycles. The molecule has 4 heteroatoms. The Bertz CT molecular complexity index is 205. The lowest BCUT2D eigenvalue weighted by atomic mass is 10.3. The van der Waals surface area contributed by atoms with Gasteiger partial charge < -0.3 is 9.84 Å². The predicted molar refractivity (Wildman–Crippen MR) is 48.2 cm³/mol. The first kappa shape index (κ1) is 10.2. The molecule has 0 amide bonds. The molecule has 74 valence electrons.